The van der Waals surface area contributed by atoms with Gasteiger partial charge < -0.3 is 5.32 Å². The second kappa shape index (κ2) is 5.91. The molecule has 2 aromatic rings. The maximum absolute atomic E-state index is 12.5. The molecule has 5 heteroatoms. The number of nitrogens with zero attached hydrogens (tertiary/aromatic N) is 2. The van der Waals surface area contributed by atoms with E-state index in [1.165, 1.54) is 17.0 Å². The Kier molecular flexibility index (Phi) is 3.96. The van der Waals surface area contributed by atoms with Crippen LogP contribution in [-0.2, 0) is 0 Å². The second-order valence-electron chi connectivity index (χ2n) is 6.25. The number of carbonyl (C=O) groups is 1. The van der Waals surface area contributed by atoms with Gasteiger partial charge in [0.25, 0.3) is 11.5 Å². The van der Waals surface area contributed by atoms with Crippen molar-refractivity contribution < 1.29 is 4.79 Å². The van der Waals surface area contributed by atoms with E-state index in [1.807, 2.05) is 13.0 Å². The molecule has 1 aliphatic carbocycles. The fourth-order valence-electron chi connectivity index (χ4n) is 3.12. The quantitative estimate of drug-likeness (QED) is 0.925. The van der Waals surface area contributed by atoms with E-state index in [2.05, 4.69) is 17.2 Å². The van der Waals surface area contributed by atoms with Crippen molar-refractivity contribution in [3.8, 4) is 0 Å². The molecule has 0 spiro atoms. The predicted molar refractivity (Wildman–Crippen MR) is 85.1 cm³/mol. The lowest BCUT2D eigenvalue weighted by molar-refractivity contribution is 0.0908. The largest absolute Gasteiger partial charge is 0.349 e. The Balaban J connectivity index is 1.91. The fourth-order valence-corrected chi connectivity index (χ4v) is 3.12. The zero-order valence-electron chi connectivity index (χ0n) is 13.0. The normalized spacial score (nSPS) is 21.7. The number of aromatic nitrogens is 2. The van der Waals surface area contributed by atoms with Gasteiger partial charge in [-0.15, -0.1) is 0 Å². The summed E-state index contributed by atoms with van der Waals surface area (Å²) in [4.78, 5) is 29.2. The van der Waals surface area contributed by atoms with Gasteiger partial charge in [-0.05, 0) is 37.3 Å². The van der Waals surface area contributed by atoms with Gasteiger partial charge in [0.1, 0.15) is 11.2 Å². The van der Waals surface area contributed by atoms with E-state index < -0.39 is 0 Å². The van der Waals surface area contributed by atoms with Crippen LogP contribution in [0.4, 0.5) is 0 Å². The molecule has 2 heterocycles. The van der Waals surface area contributed by atoms with Crippen molar-refractivity contribution in [1.29, 1.82) is 0 Å². The third-order valence-corrected chi connectivity index (χ3v) is 4.52. The van der Waals surface area contributed by atoms with Crippen LogP contribution < -0.4 is 10.9 Å². The van der Waals surface area contributed by atoms with E-state index in [4.69, 9.17) is 0 Å². The van der Waals surface area contributed by atoms with Crippen LogP contribution in [-0.4, -0.2) is 21.3 Å². The number of rotatable bonds is 2. The molecule has 0 bridgehead atoms. The van der Waals surface area contributed by atoms with Crippen molar-refractivity contribution in [2.24, 2.45) is 5.92 Å². The van der Waals surface area contributed by atoms with Gasteiger partial charge in [0.2, 0.25) is 0 Å². The summed E-state index contributed by atoms with van der Waals surface area (Å²) in [6.07, 6.45) is 7.55. The molecule has 1 amide bonds. The van der Waals surface area contributed by atoms with E-state index in [1.54, 1.807) is 12.3 Å². The van der Waals surface area contributed by atoms with Gasteiger partial charge in [-0.2, -0.15) is 0 Å². The van der Waals surface area contributed by atoms with Crippen molar-refractivity contribution >= 4 is 11.6 Å². The average Bonchev–Trinajstić information content (AvgIpc) is 2.50. The Labute approximate surface area is 129 Å². The first kappa shape index (κ1) is 14.8. The van der Waals surface area contributed by atoms with E-state index in [-0.39, 0.29) is 23.1 Å². The van der Waals surface area contributed by atoms with Crippen LogP contribution >= 0.6 is 0 Å². The highest BCUT2D eigenvalue weighted by molar-refractivity contribution is 5.93. The predicted octanol–water partition coefficient (Wildman–Crippen LogP) is 2.31. The summed E-state index contributed by atoms with van der Waals surface area (Å²) in [7, 11) is 0. The molecule has 5 nitrogen and oxygen atoms in total. The Morgan fingerprint density at radius 3 is 2.86 bits per heavy atom. The molecule has 0 saturated heterocycles. The zero-order valence-corrected chi connectivity index (χ0v) is 13.0. The van der Waals surface area contributed by atoms with E-state index in [0.717, 1.165) is 24.8 Å². The van der Waals surface area contributed by atoms with Crippen molar-refractivity contribution in [3.63, 3.8) is 0 Å². The first-order valence-corrected chi connectivity index (χ1v) is 7.85. The summed E-state index contributed by atoms with van der Waals surface area (Å²) in [5, 5.41) is 3.01. The topological polar surface area (TPSA) is 63.5 Å². The summed E-state index contributed by atoms with van der Waals surface area (Å²) in [6, 6.07) is 3.83. The first-order chi connectivity index (χ1) is 10.6. The summed E-state index contributed by atoms with van der Waals surface area (Å²) in [5.74, 6) is 0.142. The molecular formula is C17H21N3O2. The smallest absolute Gasteiger partial charge is 0.270 e. The van der Waals surface area contributed by atoms with E-state index in [0.29, 0.717) is 11.6 Å². The molecule has 22 heavy (non-hydrogen) atoms. The van der Waals surface area contributed by atoms with Gasteiger partial charge in [0, 0.05) is 18.4 Å². The minimum Gasteiger partial charge on any atom is -0.349 e. The molecule has 2 atom stereocenters. The molecule has 1 fully saturated rings. The minimum atomic E-state index is -0.313. The van der Waals surface area contributed by atoms with Crippen LogP contribution in [0, 0.1) is 12.8 Å². The third-order valence-electron chi connectivity index (χ3n) is 4.52. The van der Waals surface area contributed by atoms with Crippen molar-refractivity contribution in [2.45, 2.75) is 45.6 Å². The van der Waals surface area contributed by atoms with Gasteiger partial charge in [0.05, 0.1) is 0 Å². The lowest BCUT2D eigenvalue weighted by atomic mass is 9.86. The van der Waals surface area contributed by atoms with Crippen molar-refractivity contribution in [3.05, 3.63) is 46.0 Å². The molecular weight excluding hydrogens is 278 g/mol. The second-order valence-corrected chi connectivity index (χ2v) is 6.25. The van der Waals surface area contributed by atoms with Crippen LogP contribution in [0.3, 0.4) is 0 Å². The number of hydrogen-bond acceptors (Lipinski definition) is 3. The standard InChI is InChI=1S/C17H21N3O2/c1-11-7-8-15-18-9-13(17(22)20(15)10-11)16(21)19-14-6-4-3-5-12(14)2/h7-10,12,14H,3-6H2,1-2H3,(H,19,21)/t12-,14-/m1/s1. The molecule has 0 aromatic carbocycles. The maximum Gasteiger partial charge on any atom is 0.270 e. The summed E-state index contributed by atoms with van der Waals surface area (Å²) >= 11 is 0. The van der Waals surface area contributed by atoms with Gasteiger partial charge in [0.15, 0.2) is 0 Å². The fraction of sp³-hybridized carbons (Fsp3) is 0.471. The average molecular weight is 299 g/mol. The van der Waals surface area contributed by atoms with Crippen molar-refractivity contribution in [1.82, 2.24) is 14.7 Å². The number of pyridine rings is 1. The van der Waals surface area contributed by atoms with E-state index in [9.17, 15) is 9.59 Å². The summed E-state index contributed by atoms with van der Waals surface area (Å²) < 4.78 is 1.44. The molecule has 1 saturated carbocycles. The number of amides is 1. The first-order valence-electron chi connectivity index (χ1n) is 7.85. The van der Waals surface area contributed by atoms with Crippen LogP contribution in [0.1, 0.15) is 48.5 Å². The lowest BCUT2D eigenvalue weighted by Gasteiger charge is -2.29. The molecule has 1 aliphatic rings. The van der Waals surface area contributed by atoms with Gasteiger partial charge >= 0.3 is 0 Å². The van der Waals surface area contributed by atoms with Crippen LogP contribution in [0.25, 0.3) is 5.65 Å². The van der Waals surface area contributed by atoms with Crippen LogP contribution in [0.5, 0.6) is 0 Å². The minimum absolute atomic E-state index is 0.112. The molecule has 3 rings (SSSR count). The molecule has 0 radical (unpaired) electrons. The van der Waals surface area contributed by atoms with E-state index >= 15 is 0 Å². The zero-order chi connectivity index (χ0) is 15.7. The highest BCUT2D eigenvalue weighted by Crippen LogP contribution is 2.23. The van der Waals surface area contributed by atoms with Gasteiger partial charge in [-0.25, -0.2) is 4.98 Å². The Morgan fingerprint density at radius 1 is 1.32 bits per heavy atom. The highest BCUT2D eigenvalue weighted by Gasteiger charge is 2.24. The number of aryl methyl sites for hydroxylation is 1. The summed E-state index contributed by atoms with van der Waals surface area (Å²) in [5.41, 5.74) is 1.31. The highest BCUT2D eigenvalue weighted by atomic mass is 16.2. The van der Waals surface area contributed by atoms with Gasteiger partial charge in [-0.3, -0.25) is 14.0 Å². The number of hydrogen-bond donors (Lipinski definition) is 1. The monoisotopic (exact) mass is 299 g/mol. The lowest BCUT2D eigenvalue weighted by Crippen LogP contribution is -2.43. The molecule has 1 N–H and O–H groups in total. The number of carbonyl (C=O) groups excluding carboxylic acids is 1. The third kappa shape index (κ3) is 2.75. The molecule has 0 unspecified atom stereocenters. The number of fused-ring (bicyclic) bond motifs is 1. The van der Waals surface area contributed by atoms with Crippen LogP contribution in [0.2, 0.25) is 0 Å². The summed E-state index contributed by atoms with van der Waals surface area (Å²) in [6.45, 7) is 4.06. The maximum atomic E-state index is 12.5. The molecule has 0 aliphatic heterocycles. The van der Waals surface area contributed by atoms with Crippen molar-refractivity contribution in [2.75, 3.05) is 0 Å². The SMILES string of the molecule is Cc1ccc2ncc(C(=O)N[C@@H]3CCCC[C@H]3C)c(=O)n2c1. The Bertz CT molecular complexity index is 766. The Morgan fingerprint density at radius 2 is 2.09 bits per heavy atom. The molecule has 2 aromatic heterocycles. The van der Waals surface area contributed by atoms with Crippen LogP contribution in [0.15, 0.2) is 29.3 Å². The Hall–Kier alpha value is -2.17. The molecule has 116 valence electrons. The van der Waals surface area contributed by atoms with Gasteiger partial charge in [-0.1, -0.05) is 25.8 Å². The number of nitrogens with one attached hydrogen (secondary N) is 1.